The Bertz CT molecular complexity index is 603. The van der Waals surface area contributed by atoms with Crippen molar-refractivity contribution in [2.45, 2.75) is 31.3 Å². The van der Waals surface area contributed by atoms with Crippen LogP contribution in [0.5, 0.6) is 0 Å². The summed E-state index contributed by atoms with van der Waals surface area (Å²) in [7, 11) is 0. The van der Waals surface area contributed by atoms with Crippen molar-refractivity contribution in [1.82, 2.24) is 0 Å². The molecule has 1 atom stereocenters. The van der Waals surface area contributed by atoms with Gasteiger partial charge in [0.05, 0.1) is 0 Å². The zero-order chi connectivity index (χ0) is 14.1. The van der Waals surface area contributed by atoms with Gasteiger partial charge < -0.3 is 5.11 Å². The average Bonchev–Trinajstić information content (AvgIpc) is 2.40. The van der Waals surface area contributed by atoms with Crippen molar-refractivity contribution in [2.24, 2.45) is 0 Å². The molecule has 3 heteroatoms. The smallest absolute Gasteiger partial charge is 0.104 e. The summed E-state index contributed by atoms with van der Waals surface area (Å²) in [4.78, 5) is 0. The molecule has 1 aliphatic rings. The number of halogens is 2. The zero-order valence-electron chi connectivity index (χ0n) is 11.0. The maximum atomic E-state index is 10.5. The molecule has 20 heavy (non-hydrogen) atoms. The highest BCUT2D eigenvalue weighted by atomic mass is 79.9. The van der Waals surface area contributed by atoms with Crippen LogP contribution in [-0.4, -0.2) is 5.11 Å². The van der Waals surface area contributed by atoms with Crippen LogP contribution in [0.25, 0.3) is 0 Å². The highest BCUT2D eigenvalue weighted by Crippen LogP contribution is 2.37. The molecule has 0 heterocycles. The summed E-state index contributed by atoms with van der Waals surface area (Å²) in [5.41, 5.74) is 3.25. The van der Waals surface area contributed by atoms with Crippen LogP contribution < -0.4 is 0 Å². The van der Waals surface area contributed by atoms with Crippen molar-refractivity contribution in [2.75, 3.05) is 0 Å². The Morgan fingerprint density at radius 3 is 2.10 bits per heavy atom. The Hall–Kier alpha value is -0.640. The van der Waals surface area contributed by atoms with E-state index in [0.717, 1.165) is 26.0 Å². The van der Waals surface area contributed by atoms with Crippen LogP contribution in [0.3, 0.4) is 0 Å². The van der Waals surface area contributed by atoms with Gasteiger partial charge in [0.2, 0.25) is 0 Å². The molecule has 1 unspecified atom stereocenters. The van der Waals surface area contributed by atoms with E-state index in [1.807, 2.05) is 30.3 Å². The molecule has 2 aromatic carbocycles. The number of benzene rings is 2. The second kappa shape index (κ2) is 6.00. The predicted octanol–water partition coefficient (Wildman–Crippen LogP) is 5.56. The molecule has 0 radical (unpaired) electrons. The number of aliphatic hydroxyl groups excluding tert-OH is 1. The normalized spacial score (nSPS) is 16.8. The first-order valence-electron chi connectivity index (χ1n) is 6.88. The van der Waals surface area contributed by atoms with E-state index in [9.17, 15) is 5.11 Å². The van der Waals surface area contributed by atoms with E-state index >= 15 is 0 Å². The van der Waals surface area contributed by atoms with Crippen LogP contribution in [0, 0.1) is 0 Å². The fraction of sp³-hybridized carbons (Fsp3) is 0.294. The van der Waals surface area contributed by atoms with E-state index < -0.39 is 6.10 Å². The van der Waals surface area contributed by atoms with E-state index in [1.165, 1.54) is 24.8 Å². The fourth-order valence-electron chi connectivity index (χ4n) is 2.57. The van der Waals surface area contributed by atoms with Gasteiger partial charge in [0.25, 0.3) is 0 Å². The van der Waals surface area contributed by atoms with Crippen molar-refractivity contribution in [1.29, 1.82) is 0 Å². The topological polar surface area (TPSA) is 20.2 Å². The molecule has 0 saturated heterocycles. The molecule has 1 saturated carbocycles. The molecule has 3 rings (SSSR count). The van der Waals surface area contributed by atoms with Gasteiger partial charge in [0.15, 0.2) is 0 Å². The van der Waals surface area contributed by atoms with Gasteiger partial charge in [-0.1, -0.05) is 36.8 Å². The third kappa shape index (κ3) is 2.85. The van der Waals surface area contributed by atoms with Gasteiger partial charge in [0.1, 0.15) is 6.10 Å². The van der Waals surface area contributed by atoms with Gasteiger partial charge in [-0.2, -0.15) is 0 Å². The maximum absolute atomic E-state index is 10.5. The molecular formula is C17H16Br2O. The van der Waals surface area contributed by atoms with Crippen molar-refractivity contribution in [3.63, 3.8) is 0 Å². The minimum absolute atomic E-state index is 0.574. The monoisotopic (exact) mass is 394 g/mol. The second-order valence-electron chi connectivity index (χ2n) is 5.37. The lowest BCUT2D eigenvalue weighted by atomic mass is 9.80. The Labute approximate surface area is 136 Å². The SMILES string of the molecule is OC(c1ccc(C2CCC2)cc1)c1ccc(Br)c(Br)c1. The van der Waals surface area contributed by atoms with E-state index in [1.54, 1.807) is 0 Å². The molecule has 0 amide bonds. The van der Waals surface area contributed by atoms with Crippen LogP contribution in [0.4, 0.5) is 0 Å². The summed E-state index contributed by atoms with van der Waals surface area (Å²) in [5, 5.41) is 10.5. The number of hydrogen-bond donors (Lipinski definition) is 1. The molecule has 0 spiro atoms. The molecule has 1 nitrogen and oxygen atoms in total. The number of hydrogen-bond acceptors (Lipinski definition) is 1. The van der Waals surface area contributed by atoms with Crippen LogP contribution in [0.2, 0.25) is 0 Å². The fourth-order valence-corrected chi connectivity index (χ4v) is 3.21. The molecule has 1 N–H and O–H groups in total. The molecule has 0 aliphatic heterocycles. The molecule has 0 aromatic heterocycles. The van der Waals surface area contributed by atoms with Crippen LogP contribution in [0.1, 0.15) is 48.0 Å². The molecule has 1 fully saturated rings. The lowest BCUT2D eigenvalue weighted by Gasteiger charge is -2.26. The van der Waals surface area contributed by atoms with Crippen LogP contribution in [0.15, 0.2) is 51.4 Å². The molecule has 2 aromatic rings. The van der Waals surface area contributed by atoms with Gasteiger partial charge in [-0.05, 0) is 79.4 Å². The minimum atomic E-state index is -0.574. The van der Waals surface area contributed by atoms with Gasteiger partial charge in [-0.25, -0.2) is 0 Å². The summed E-state index contributed by atoms with van der Waals surface area (Å²) < 4.78 is 1.95. The van der Waals surface area contributed by atoms with E-state index in [4.69, 9.17) is 0 Å². The highest BCUT2D eigenvalue weighted by molar-refractivity contribution is 9.13. The maximum Gasteiger partial charge on any atom is 0.104 e. The van der Waals surface area contributed by atoms with Crippen LogP contribution in [-0.2, 0) is 0 Å². The molecule has 0 bridgehead atoms. The molecular weight excluding hydrogens is 380 g/mol. The van der Waals surface area contributed by atoms with Gasteiger partial charge >= 0.3 is 0 Å². The minimum Gasteiger partial charge on any atom is -0.384 e. The Morgan fingerprint density at radius 2 is 1.55 bits per heavy atom. The quantitative estimate of drug-likeness (QED) is 0.721. The van der Waals surface area contributed by atoms with Gasteiger partial charge in [0, 0.05) is 8.95 Å². The summed E-state index contributed by atoms with van der Waals surface area (Å²) in [6, 6.07) is 14.3. The zero-order valence-corrected chi connectivity index (χ0v) is 14.2. The van der Waals surface area contributed by atoms with E-state index in [0.29, 0.717) is 0 Å². The van der Waals surface area contributed by atoms with Gasteiger partial charge in [-0.15, -0.1) is 0 Å². The highest BCUT2D eigenvalue weighted by Gasteiger charge is 2.19. The predicted molar refractivity (Wildman–Crippen MR) is 88.9 cm³/mol. The largest absolute Gasteiger partial charge is 0.384 e. The van der Waals surface area contributed by atoms with Gasteiger partial charge in [-0.3, -0.25) is 0 Å². The lowest BCUT2D eigenvalue weighted by molar-refractivity contribution is 0.220. The number of rotatable bonds is 3. The molecule has 1 aliphatic carbocycles. The Balaban J connectivity index is 1.82. The molecule has 104 valence electrons. The van der Waals surface area contributed by atoms with Crippen molar-refractivity contribution >= 4 is 31.9 Å². The summed E-state index contributed by atoms with van der Waals surface area (Å²) in [6.07, 6.45) is 3.39. The lowest BCUT2D eigenvalue weighted by Crippen LogP contribution is -2.09. The first-order chi connectivity index (χ1) is 9.65. The summed E-state index contributed by atoms with van der Waals surface area (Å²) in [5.74, 6) is 0.739. The second-order valence-corrected chi connectivity index (χ2v) is 7.08. The number of aliphatic hydroxyl groups is 1. The average molecular weight is 396 g/mol. The van der Waals surface area contributed by atoms with E-state index in [2.05, 4.69) is 44.0 Å². The Morgan fingerprint density at radius 1 is 0.900 bits per heavy atom. The Kier molecular flexibility index (Phi) is 4.29. The first kappa shape index (κ1) is 14.3. The third-order valence-electron chi connectivity index (χ3n) is 4.09. The van der Waals surface area contributed by atoms with Crippen LogP contribution >= 0.6 is 31.9 Å². The summed E-state index contributed by atoms with van der Waals surface area (Å²) in [6.45, 7) is 0. The third-order valence-corrected chi connectivity index (χ3v) is 5.97. The standard InChI is InChI=1S/C17H16Br2O/c18-15-9-8-14(10-16(15)19)17(20)13-6-4-12(5-7-13)11-2-1-3-11/h4-11,17,20H,1-3H2. The summed E-state index contributed by atoms with van der Waals surface area (Å²) >= 11 is 6.92. The van der Waals surface area contributed by atoms with Crippen molar-refractivity contribution in [3.8, 4) is 0 Å². The van der Waals surface area contributed by atoms with E-state index in [-0.39, 0.29) is 0 Å². The van der Waals surface area contributed by atoms with Crippen molar-refractivity contribution in [3.05, 3.63) is 68.1 Å². The first-order valence-corrected chi connectivity index (χ1v) is 8.46. The van der Waals surface area contributed by atoms with Crippen molar-refractivity contribution < 1.29 is 5.11 Å².